The summed E-state index contributed by atoms with van der Waals surface area (Å²) in [5.41, 5.74) is 0.436. The number of ketones is 1. The van der Waals surface area contributed by atoms with Crippen molar-refractivity contribution in [1.29, 1.82) is 5.26 Å². The largest absolute Gasteiger partial charge is 0.493 e. The van der Waals surface area contributed by atoms with Crippen LogP contribution in [0.4, 0.5) is 5.69 Å². The van der Waals surface area contributed by atoms with Crippen molar-refractivity contribution >= 4 is 34.2 Å². The standard InChI is InChI=1S/C31H27N3O6/c1-30-24(36)15-31(40-30,12-14-39-23-9-3-5-18-19(23)6-2-8-22(18)35)26-25(30)28(37)34(29(26)38)21-11-10-17(16-32)27-20(21)7-4-13-33-27/h3-5,7,9-11,13,24-26,36H,2,6,8,12,14-15H2,1H3. The van der Waals surface area contributed by atoms with Crippen molar-refractivity contribution in [2.75, 3.05) is 11.5 Å². The maximum Gasteiger partial charge on any atom is 0.240 e. The third-order valence-electron chi connectivity index (χ3n) is 9.27. The average molecular weight is 538 g/mol. The van der Waals surface area contributed by atoms with E-state index in [4.69, 9.17) is 9.47 Å². The van der Waals surface area contributed by atoms with E-state index in [1.54, 1.807) is 37.4 Å². The van der Waals surface area contributed by atoms with Gasteiger partial charge in [0.15, 0.2) is 5.78 Å². The Balaban J connectivity index is 1.21. The van der Waals surface area contributed by atoms with Gasteiger partial charge in [-0.15, -0.1) is 0 Å². The second-order valence-corrected chi connectivity index (χ2v) is 11.3. The Morgan fingerprint density at radius 3 is 2.77 bits per heavy atom. The summed E-state index contributed by atoms with van der Waals surface area (Å²) in [5, 5.41) is 21.1. The van der Waals surface area contributed by atoms with Gasteiger partial charge in [0.1, 0.15) is 17.4 Å². The molecule has 3 aromatic rings. The number of aliphatic hydroxyl groups excluding tert-OH is 1. The van der Waals surface area contributed by atoms with Gasteiger partial charge in [-0.25, -0.2) is 4.90 Å². The SMILES string of the molecule is CC12OC(CCOc3cccc4c3CCCC4=O)(CC1O)C1C(=O)N(c3ccc(C#N)c4ncccc34)C(=O)C12. The number of hydrogen-bond acceptors (Lipinski definition) is 8. The van der Waals surface area contributed by atoms with E-state index in [1.807, 2.05) is 18.2 Å². The van der Waals surface area contributed by atoms with Crippen LogP contribution in [0.25, 0.3) is 10.9 Å². The van der Waals surface area contributed by atoms with Crippen LogP contribution >= 0.6 is 0 Å². The molecular formula is C31H27N3O6. The quantitative estimate of drug-likeness (QED) is 0.490. The minimum Gasteiger partial charge on any atom is -0.493 e. The molecule has 1 N–H and O–H groups in total. The maximum atomic E-state index is 14.1. The molecule has 1 aromatic heterocycles. The van der Waals surface area contributed by atoms with Gasteiger partial charge in [-0.2, -0.15) is 5.26 Å². The fourth-order valence-corrected chi connectivity index (χ4v) is 7.42. The summed E-state index contributed by atoms with van der Waals surface area (Å²) in [6, 6.07) is 14.2. The Morgan fingerprint density at radius 1 is 1.12 bits per heavy atom. The summed E-state index contributed by atoms with van der Waals surface area (Å²) in [7, 11) is 0. The van der Waals surface area contributed by atoms with Crippen molar-refractivity contribution in [3.8, 4) is 11.8 Å². The highest BCUT2D eigenvalue weighted by atomic mass is 16.6. The van der Waals surface area contributed by atoms with Crippen molar-refractivity contribution in [3.63, 3.8) is 0 Å². The number of aliphatic hydroxyl groups is 1. The molecule has 7 rings (SSSR count). The number of nitrogens with zero attached hydrogens (tertiary/aromatic N) is 3. The van der Waals surface area contributed by atoms with Crippen molar-refractivity contribution in [2.45, 2.75) is 56.3 Å². The molecule has 3 aliphatic heterocycles. The van der Waals surface area contributed by atoms with E-state index in [2.05, 4.69) is 11.1 Å². The van der Waals surface area contributed by atoms with Gasteiger partial charge in [-0.3, -0.25) is 19.4 Å². The minimum atomic E-state index is -1.22. The van der Waals surface area contributed by atoms with Crippen LogP contribution in [-0.2, 0) is 20.7 Å². The molecule has 202 valence electrons. The second-order valence-electron chi connectivity index (χ2n) is 11.3. The third kappa shape index (κ3) is 3.26. The normalized spacial score (nSPS) is 30.5. The minimum absolute atomic E-state index is 0.114. The van der Waals surface area contributed by atoms with Crippen LogP contribution in [0.1, 0.15) is 54.1 Å². The van der Waals surface area contributed by atoms with E-state index in [1.165, 1.54) is 4.90 Å². The molecule has 3 fully saturated rings. The number of anilines is 1. The van der Waals surface area contributed by atoms with Crippen molar-refractivity contribution in [1.82, 2.24) is 4.98 Å². The monoisotopic (exact) mass is 537 g/mol. The molecule has 5 atom stereocenters. The predicted octanol–water partition coefficient (Wildman–Crippen LogP) is 3.49. The van der Waals surface area contributed by atoms with E-state index < -0.39 is 35.0 Å². The lowest BCUT2D eigenvalue weighted by Gasteiger charge is -2.33. The molecule has 4 heterocycles. The Bertz CT molecular complexity index is 1660. The lowest BCUT2D eigenvalue weighted by Crippen LogP contribution is -2.49. The molecule has 0 saturated carbocycles. The summed E-state index contributed by atoms with van der Waals surface area (Å²) in [4.78, 5) is 45.9. The molecule has 2 bridgehead atoms. The number of imide groups is 1. The highest BCUT2D eigenvalue weighted by Crippen LogP contribution is 2.62. The average Bonchev–Trinajstić information content (AvgIpc) is 3.49. The molecule has 3 saturated heterocycles. The molecule has 2 amide bonds. The van der Waals surface area contributed by atoms with Crippen LogP contribution in [0.3, 0.4) is 0 Å². The molecule has 4 aliphatic rings. The van der Waals surface area contributed by atoms with Crippen molar-refractivity contribution in [2.24, 2.45) is 11.8 Å². The summed E-state index contributed by atoms with van der Waals surface area (Å²) in [6.07, 6.45) is 3.21. The smallest absolute Gasteiger partial charge is 0.240 e. The van der Waals surface area contributed by atoms with Crippen LogP contribution in [0, 0.1) is 23.2 Å². The number of carbonyl (C=O) groups excluding carboxylic acids is 3. The van der Waals surface area contributed by atoms with Crippen LogP contribution in [-0.4, -0.2) is 51.6 Å². The number of ether oxygens (including phenoxy) is 2. The molecule has 9 nitrogen and oxygen atoms in total. The molecule has 0 spiro atoms. The summed E-state index contributed by atoms with van der Waals surface area (Å²) in [5.74, 6) is -1.70. The fraction of sp³-hybridized carbons (Fsp3) is 0.387. The first-order chi connectivity index (χ1) is 19.3. The second kappa shape index (κ2) is 8.68. The highest BCUT2D eigenvalue weighted by molar-refractivity contribution is 6.26. The maximum absolute atomic E-state index is 14.1. The highest BCUT2D eigenvalue weighted by Gasteiger charge is 2.77. The van der Waals surface area contributed by atoms with Crippen molar-refractivity contribution < 1.29 is 29.0 Å². The molecule has 9 heteroatoms. The van der Waals surface area contributed by atoms with E-state index in [0.717, 1.165) is 18.4 Å². The van der Waals surface area contributed by atoms with Gasteiger partial charge in [0.05, 0.1) is 46.9 Å². The predicted molar refractivity (Wildman–Crippen MR) is 143 cm³/mol. The Morgan fingerprint density at radius 2 is 1.95 bits per heavy atom. The number of benzene rings is 2. The van der Waals surface area contributed by atoms with Gasteiger partial charge in [-0.1, -0.05) is 12.1 Å². The first-order valence-corrected chi connectivity index (χ1v) is 13.6. The van der Waals surface area contributed by atoms with Gasteiger partial charge in [-0.05, 0) is 50.1 Å². The zero-order chi connectivity index (χ0) is 27.8. The lowest BCUT2D eigenvalue weighted by molar-refractivity contribution is -0.134. The van der Waals surface area contributed by atoms with Gasteiger partial charge >= 0.3 is 0 Å². The fourth-order valence-electron chi connectivity index (χ4n) is 7.42. The van der Waals surface area contributed by atoms with Gasteiger partial charge in [0.25, 0.3) is 0 Å². The lowest BCUT2D eigenvalue weighted by atomic mass is 9.66. The molecule has 1 aliphatic carbocycles. The van der Waals surface area contributed by atoms with E-state index in [9.17, 15) is 24.8 Å². The molecule has 2 aromatic carbocycles. The van der Waals surface area contributed by atoms with Crippen molar-refractivity contribution in [3.05, 3.63) is 65.4 Å². The molecule has 0 radical (unpaired) electrons. The van der Waals surface area contributed by atoms with Gasteiger partial charge in [0.2, 0.25) is 11.8 Å². The van der Waals surface area contributed by atoms with Crippen LogP contribution in [0.15, 0.2) is 48.7 Å². The number of rotatable bonds is 5. The molecular weight excluding hydrogens is 510 g/mol. The Labute approximate surface area is 230 Å². The first kappa shape index (κ1) is 24.9. The van der Waals surface area contributed by atoms with E-state index in [0.29, 0.717) is 46.3 Å². The summed E-state index contributed by atoms with van der Waals surface area (Å²) in [6.45, 7) is 1.90. The zero-order valence-electron chi connectivity index (χ0n) is 21.9. The summed E-state index contributed by atoms with van der Waals surface area (Å²) >= 11 is 0. The van der Waals surface area contributed by atoms with E-state index in [-0.39, 0.29) is 24.7 Å². The van der Waals surface area contributed by atoms with Gasteiger partial charge in [0, 0.05) is 42.0 Å². The zero-order valence-corrected chi connectivity index (χ0v) is 21.9. The van der Waals surface area contributed by atoms with Crippen LogP contribution in [0.5, 0.6) is 5.75 Å². The van der Waals surface area contributed by atoms with Crippen LogP contribution in [0.2, 0.25) is 0 Å². The Hall–Kier alpha value is -4.13. The third-order valence-corrected chi connectivity index (χ3v) is 9.27. The number of pyridine rings is 1. The Kier molecular flexibility index (Phi) is 5.40. The number of carbonyl (C=O) groups is 3. The topological polar surface area (TPSA) is 130 Å². The number of Topliss-reactive ketones (excluding diaryl/α,β-unsaturated/α-hetero) is 1. The molecule has 5 unspecified atom stereocenters. The van der Waals surface area contributed by atoms with Gasteiger partial charge < -0.3 is 14.6 Å². The number of aromatic nitrogens is 1. The summed E-state index contributed by atoms with van der Waals surface area (Å²) < 4.78 is 12.6. The first-order valence-electron chi connectivity index (χ1n) is 13.6. The number of hydrogen-bond donors (Lipinski definition) is 1. The molecule has 40 heavy (non-hydrogen) atoms. The number of amides is 2. The van der Waals surface area contributed by atoms with E-state index >= 15 is 0 Å². The number of fused-ring (bicyclic) bond motifs is 7. The van der Waals surface area contributed by atoms with Crippen LogP contribution < -0.4 is 9.64 Å². The number of nitriles is 1.